The predicted octanol–water partition coefficient (Wildman–Crippen LogP) is 5.99. The van der Waals surface area contributed by atoms with Crippen LogP contribution >= 0.6 is 0 Å². The fraction of sp³-hybridized carbons (Fsp3) is 0.100. The van der Waals surface area contributed by atoms with E-state index in [0.717, 1.165) is 17.1 Å². The Hall–Kier alpha value is -5.31. The van der Waals surface area contributed by atoms with Crippen LogP contribution in [0.2, 0.25) is 0 Å². The molecule has 0 unspecified atom stereocenters. The van der Waals surface area contributed by atoms with E-state index < -0.39 is 11.9 Å². The molecule has 5 rings (SSSR count). The van der Waals surface area contributed by atoms with Crippen molar-refractivity contribution in [1.29, 1.82) is 0 Å². The van der Waals surface area contributed by atoms with Crippen molar-refractivity contribution in [2.75, 3.05) is 0 Å². The number of furan rings is 2. The highest BCUT2D eigenvalue weighted by atomic mass is 16.5. The van der Waals surface area contributed by atoms with Crippen LogP contribution in [0.3, 0.4) is 0 Å². The molecule has 0 saturated carbocycles. The van der Waals surface area contributed by atoms with Crippen molar-refractivity contribution in [3.05, 3.63) is 119 Å². The molecule has 1 amide bonds. The van der Waals surface area contributed by atoms with E-state index in [1.165, 1.54) is 18.3 Å². The second kappa shape index (κ2) is 11.0. The summed E-state index contributed by atoms with van der Waals surface area (Å²) in [7, 11) is 0. The van der Waals surface area contributed by atoms with Crippen molar-refractivity contribution in [3.63, 3.8) is 0 Å². The molecule has 2 aromatic carbocycles. The van der Waals surface area contributed by atoms with Crippen LogP contribution < -0.4 is 10.2 Å². The average Bonchev–Trinajstić information content (AvgIpc) is 3.69. The molecule has 0 bridgehead atoms. The number of aromatic nitrogens is 1. The Morgan fingerprint density at radius 1 is 0.949 bits per heavy atom. The number of hydrogen-bond acceptors (Lipinski definition) is 6. The summed E-state index contributed by atoms with van der Waals surface area (Å²) in [6.45, 7) is 4.28. The summed E-state index contributed by atoms with van der Waals surface area (Å²) in [5.41, 5.74) is 6.53. The monoisotopic (exact) mass is 523 g/mol. The van der Waals surface area contributed by atoms with Crippen LogP contribution in [0.5, 0.6) is 5.75 Å². The average molecular weight is 524 g/mol. The smallest absolute Gasteiger partial charge is 0.335 e. The van der Waals surface area contributed by atoms with Gasteiger partial charge in [-0.2, -0.15) is 5.10 Å². The van der Waals surface area contributed by atoms with Gasteiger partial charge in [-0.1, -0.05) is 12.1 Å². The van der Waals surface area contributed by atoms with Crippen molar-refractivity contribution in [3.8, 4) is 22.8 Å². The number of nitrogens with one attached hydrogen (secondary N) is 1. The first-order valence-electron chi connectivity index (χ1n) is 12.1. The summed E-state index contributed by atoms with van der Waals surface area (Å²) in [5, 5.41) is 13.1. The van der Waals surface area contributed by atoms with Gasteiger partial charge in [0.25, 0.3) is 0 Å². The van der Waals surface area contributed by atoms with E-state index in [2.05, 4.69) is 41.1 Å². The molecule has 39 heavy (non-hydrogen) atoms. The quantitative estimate of drug-likeness (QED) is 0.181. The molecular formula is C30H25N3O6. The van der Waals surface area contributed by atoms with Gasteiger partial charge >= 0.3 is 11.9 Å². The second-order valence-corrected chi connectivity index (χ2v) is 8.79. The number of aryl methyl sites for hydroxylation is 2. The molecule has 0 aliphatic rings. The molecule has 3 aromatic heterocycles. The van der Waals surface area contributed by atoms with Gasteiger partial charge in [0, 0.05) is 22.6 Å². The highest BCUT2D eigenvalue weighted by Crippen LogP contribution is 2.23. The van der Waals surface area contributed by atoms with E-state index in [9.17, 15) is 9.59 Å². The van der Waals surface area contributed by atoms with Crippen molar-refractivity contribution in [2.45, 2.75) is 20.5 Å². The molecule has 9 nitrogen and oxygen atoms in total. The van der Waals surface area contributed by atoms with Crippen molar-refractivity contribution in [2.24, 2.45) is 5.10 Å². The number of aromatic carboxylic acids is 1. The maximum atomic E-state index is 12.4. The number of carboxylic acids is 1. The Morgan fingerprint density at radius 3 is 2.46 bits per heavy atom. The SMILES string of the molecule is Cc1ccc(C)n1-c1ccc(OCc2ccc(C(=O)N/N=C/c3ccc(-c4cccc(C(=O)O)c4)o3)o2)cc1. The molecule has 3 heterocycles. The van der Waals surface area contributed by atoms with E-state index in [4.69, 9.17) is 18.7 Å². The third-order valence-corrected chi connectivity index (χ3v) is 6.01. The number of ether oxygens (including phenoxy) is 1. The van der Waals surface area contributed by atoms with Crippen LogP contribution in [0.4, 0.5) is 0 Å². The summed E-state index contributed by atoms with van der Waals surface area (Å²) >= 11 is 0. The van der Waals surface area contributed by atoms with Gasteiger partial charge in [0.05, 0.1) is 11.8 Å². The molecule has 0 spiro atoms. The van der Waals surface area contributed by atoms with Gasteiger partial charge in [-0.15, -0.1) is 0 Å². The summed E-state index contributed by atoms with van der Waals surface area (Å²) in [5.74, 6) is 0.572. The van der Waals surface area contributed by atoms with Gasteiger partial charge in [-0.05, 0) is 86.6 Å². The number of carboxylic acid groups (broad SMARTS) is 1. The largest absolute Gasteiger partial charge is 0.486 e. The standard InChI is InChI=1S/C30H25N3O6/c1-19-6-7-20(2)33(19)23-8-10-24(11-9-23)37-18-26-13-15-28(39-26)29(34)32-31-17-25-12-14-27(38-25)21-4-3-5-22(16-21)30(35)36/h3-17H,18H2,1-2H3,(H,32,34)(H,35,36)/b31-17+. The number of hydrazone groups is 1. The summed E-state index contributed by atoms with van der Waals surface area (Å²) < 4.78 is 19.2. The van der Waals surface area contributed by atoms with E-state index in [-0.39, 0.29) is 17.9 Å². The van der Waals surface area contributed by atoms with E-state index in [0.29, 0.717) is 28.6 Å². The first-order valence-corrected chi connectivity index (χ1v) is 12.1. The lowest BCUT2D eigenvalue weighted by atomic mass is 10.1. The first kappa shape index (κ1) is 25.3. The van der Waals surface area contributed by atoms with E-state index >= 15 is 0 Å². The summed E-state index contributed by atoms with van der Waals surface area (Å²) in [4.78, 5) is 23.6. The van der Waals surface area contributed by atoms with Gasteiger partial charge in [0.15, 0.2) is 5.76 Å². The zero-order valence-corrected chi connectivity index (χ0v) is 21.3. The highest BCUT2D eigenvalue weighted by molar-refractivity contribution is 5.92. The van der Waals surface area contributed by atoms with Crippen LogP contribution in [-0.4, -0.2) is 27.8 Å². The molecule has 0 fully saturated rings. The molecule has 0 saturated heterocycles. The number of nitrogens with zero attached hydrogens (tertiary/aromatic N) is 2. The Morgan fingerprint density at radius 2 is 1.72 bits per heavy atom. The number of benzene rings is 2. The Bertz CT molecular complexity index is 1640. The number of amides is 1. The van der Waals surface area contributed by atoms with Crippen LogP contribution in [0, 0.1) is 13.8 Å². The lowest BCUT2D eigenvalue weighted by molar-refractivity contribution is 0.0696. The zero-order chi connectivity index (χ0) is 27.4. The van der Waals surface area contributed by atoms with Gasteiger partial charge in [-0.3, -0.25) is 4.79 Å². The third kappa shape index (κ3) is 5.83. The molecule has 5 aromatic rings. The van der Waals surface area contributed by atoms with Crippen LogP contribution in [0.1, 0.15) is 43.8 Å². The highest BCUT2D eigenvalue weighted by Gasteiger charge is 2.12. The Labute approximate surface area is 224 Å². The van der Waals surface area contributed by atoms with Gasteiger partial charge in [0.2, 0.25) is 0 Å². The Kier molecular flexibility index (Phi) is 7.13. The molecule has 0 aliphatic carbocycles. The Balaban J connectivity index is 1.14. The van der Waals surface area contributed by atoms with Crippen molar-refractivity contribution >= 4 is 18.1 Å². The molecule has 196 valence electrons. The van der Waals surface area contributed by atoms with Crippen LogP contribution in [0.15, 0.2) is 98.9 Å². The minimum atomic E-state index is -1.02. The number of hydrogen-bond donors (Lipinski definition) is 2. The lowest BCUT2D eigenvalue weighted by Crippen LogP contribution is -2.16. The number of rotatable bonds is 9. The second-order valence-electron chi connectivity index (χ2n) is 8.79. The molecule has 0 aliphatic heterocycles. The molecular weight excluding hydrogens is 498 g/mol. The van der Waals surface area contributed by atoms with Crippen LogP contribution in [-0.2, 0) is 6.61 Å². The predicted molar refractivity (Wildman–Crippen MR) is 144 cm³/mol. The molecule has 9 heteroatoms. The fourth-order valence-electron chi connectivity index (χ4n) is 4.09. The number of carbonyl (C=O) groups excluding carboxylic acids is 1. The van der Waals surface area contributed by atoms with Gasteiger partial charge < -0.3 is 23.2 Å². The zero-order valence-electron chi connectivity index (χ0n) is 21.3. The molecule has 0 atom stereocenters. The topological polar surface area (TPSA) is 119 Å². The lowest BCUT2D eigenvalue weighted by Gasteiger charge is -2.10. The maximum absolute atomic E-state index is 12.4. The maximum Gasteiger partial charge on any atom is 0.335 e. The third-order valence-electron chi connectivity index (χ3n) is 6.01. The minimum Gasteiger partial charge on any atom is -0.486 e. The molecule has 2 N–H and O–H groups in total. The van der Waals surface area contributed by atoms with E-state index in [1.54, 1.807) is 36.4 Å². The fourth-order valence-corrected chi connectivity index (χ4v) is 4.09. The summed E-state index contributed by atoms with van der Waals surface area (Å²) in [6.07, 6.45) is 1.34. The normalized spacial score (nSPS) is 11.1. The van der Waals surface area contributed by atoms with Gasteiger partial charge in [0.1, 0.15) is 29.6 Å². The van der Waals surface area contributed by atoms with Crippen LogP contribution in [0.25, 0.3) is 17.0 Å². The first-order chi connectivity index (χ1) is 18.9. The number of carbonyl (C=O) groups is 2. The summed E-state index contributed by atoms with van der Waals surface area (Å²) in [6, 6.07) is 24.9. The van der Waals surface area contributed by atoms with Crippen molar-refractivity contribution in [1.82, 2.24) is 9.99 Å². The van der Waals surface area contributed by atoms with Crippen molar-refractivity contribution < 1.29 is 28.3 Å². The van der Waals surface area contributed by atoms with Gasteiger partial charge in [-0.25, -0.2) is 10.2 Å². The van der Waals surface area contributed by atoms with E-state index in [1.807, 2.05) is 24.3 Å². The molecule has 0 radical (unpaired) electrons. The minimum absolute atomic E-state index is 0.0882.